The highest BCUT2D eigenvalue weighted by molar-refractivity contribution is 5.50. The van der Waals surface area contributed by atoms with Crippen molar-refractivity contribution in [1.82, 2.24) is 0 Å². The lowest BCUT2D eigenvalue weighted by atomic mass is 9.78. The van der Waals surface area contributed by atoms with Crippen molar-refractivity contribution in [2.24, 2.45) is 5.41 Å². The van der Waals surface area contributed by atoms with Crippen LogP contribution in [-0.2, 0) is 0 Å². The highest BCUT2D eigenvalue weighted by Gasteiger charge is 2.33. The van der Waals surface area contributed by atoms with Crippen LogP contribution >= 0.6 is 0 Å². The summed E-state index contributed by atoms with van der Waals surface area (Å²) in [6.07, 6.45) is -0.793. The van der Waals surface area contributed by atoms with E-state index >= 15 is 0 Å². The quantitative estimate of drug-likeness (QED) is 0.907. The lowest BCUT2D eigenvalue weighted by Gasteiger charge is -2.30. The zero-order valence-electron chi connectivity index (χ0n) is 12.1. The van der Waals surface area contributed by atoms with Gasteiger partial charge in [0, 0.05) is 5.56 Å². The number of hydrogen-bond acceptors (Lipinski definition) is 4. The van der Waals surface area contributed by atoms with E-state index < -0.39 is 17.4 Å². The predicted molar refractivity (Wildman–Crippen MR) is 73.4 cm³/mol. The standard InChI is InChI=1S/C15H21NO3/c1-15(2,3)14(17)11(9-16)10-7-6-8-12(18-4)13(10)19-5/h6-8,11,14,17H,1-5H3. The summed E-state index contributed by atoms with van der Waals surface area (Å²) in [6, 6.07) is 7.50. The van der Waals surface area contributed by atoms with Gasteiger partial charge in [0.2, 0.25) is 0 Å². The second-order valence-corrected chi connectivity index (χ2v) is 5.50. The molecule has 0 spiro atoms. The Morgan fingerprint density at radius 3 is 2.26 bits per heavy atom. The maximum atomic E-state index is 10.4. The Hall–Kier alpha value is -1.73. The van der Waals surface area contributed by atoms with Crippen molar-refractivity contribution in [2.75, 3.05) is 14.2 Å². The second-order valence-electron chi connectivity index (χ2n) is 5.50. The van der Waals surface area contributed by atoms with Crippen molar-refractivity contribution in [3.8, 4) is 17.6 Å². The average molecular weight is 263 g/mol. The molecule has 4 nitrogen and oxygen atoms in total. The predicted octanol–water partition coefficient (Wildman–Crippen LogP) is 2.72. The molecule has 0 aromatic heterocycles. The van der Waals surface area contributed by atoms with Gasteiger partial charge in [-0.05, 0) is 11.5 Å². The molecule has 0 fully saturated rings. The molecular weight excluding hydrogens is 242 g/mol. The molecule has 2 unspecified atom stereocenters. The molecule has 19 heavy (non-hydrogen) atoms. The van der Waals surface area contributed by atoms with Gasteiger partial charge in [-0.25, -0.2) is 0 Å². The summed E-state index contributed by atoms with van der Waals surface area (Å²) in [5.41, 5.74) is 0.251. The van der Waals surface area contributed by atoms with Gasteiger partial charge in [0.15, 0.2) is 11.5 Å². The zero-order valence-corrected chi connectivity index (χ0v) is 12.1. The van der Waals surface area contributed by atoms with E-state index in [1.54, 1.807) is 25.3 Å². The molecule has 0 bridgehead atoms. The van der Waals surface area contributed by atoms with Crippen molar-refractivity contribution in [1.29, 1.82) is 5.26 Å². The molecule has 1 aromatic rings. The third kappa shape index (κ3) is 3.18. The number of nitriles is 1. The maximum Gasteiger partial charge on any atom is 0.165 e. The average Bonchev–Trinajstić information content (AvgIpc) is 2.37. The van der Waals surface area contributed by atoms with Crippen LogP contribution < -0.4 is 9.47 Å². The molecule has 0 aliphatic carbocycles. The summed E-state index contributed by atoms with van der Waals surface area (Å²) >= 11 is 0. The molecule has 0 heterocycles. The molecule has 1 aromatic carbocycles. The smallest absolute Gasteiger partial charge is 0.165 e. The first-order valence-electron chi connectivity index (χ1n) is 6.15. The largest absolute Gasteiger partial charge is 0.493 e. The van der Waals surface area contributed by atoms with E-state index in [2.05, 4.69) is 6.07 Å². The fourth-order valence-electron chi connectivity index (χ4n) is 1.97. The molecule has 0 aliphatic heterocycles. The van der Waals surface area contributed by atoms with Crippen LogP contribution in [0, 0.1) is 16.7 Å². The van der Waals surface area contributed by atoms with Crippen LogP contribution in [0.25, 0.3) is 0 Å². The number of para-hydroxylation sites is 1. The molecule has 4 heteroatoms. The first kappa shape index (κ1) is 15.3. The van der Waals surface area contributed by atoms with Gasteiger partial charge in [-0.2, -0.15) is 5.26 Å². The Labute approximate surface area is 114 Å². The molecule has 1 N–H and O–H groups in total. The van der Waals surface area contributed by atoms with Gasteiger partial charge in [-0.15, -0.1) is 0 Å². The Morgan fingerprint density at radius 1 is 1.21 bits per heavy atom. The van der Waals surface area contributed by atoms with E-state index in [1.165, 1.54) is 7.11 Å². The van der Waals surface area contributed by atoms with Gasteiger partial charge in [-0.3, -0.25) is 0 Å². The van der Waals surface area contributed by atoms with Crippen molar-refractivity contribution in [3.63, 3.8) is 0 Å². The second kappa shape index (κ2) is 5.94. The van der Waals surface area contributed by atoms with Crippen LogP contribution in [0.4, 0.5) is 0 Å². The Balaban J connectivity index is 3.31. The maximum absolute atomic E-state index is 10.4. The number of ether oxygens (including phenoxy) is 2. The summed E-state index contributed by atoms with van der Waals surface area (Å²) in [5.74, 6) is 0.395. The molecule has 0 radical (unpaired) electrons. The van der Waals surface area contributed by atoms with Gasteiger partial charge in [0.25, 0.3) is 0 Å². The lowest BCUT2D eigenvalue weighted by Crippen LogP contribution is -2.32. The fraction of sp³-hybridized carbons (Fsp3) is 0.533. The molecule has 2 atom stereocenters. The van der Waals surface area contributed by atoms with Gasteiger partial charge < -0.3 is 14.6 Å². The summed E-state index contributed by atoms with van der Waals surface area (Å²) in [7, 11) is 3.07. The molecule has 104 valence electrons. The third-order valence-electron chi connectivity index (χ3n) is 3.11. The number of rotatable bonds is 4. The number of aliphatic hydroxyl groups is 1. The van der Waals surface area contributed by atoms with E-state index in [1.807, 2.05) is 20.8 Å². The van der Waals surface area contributed by atoms with E-state index in [0.29, 0.717) is 17.1 Å². The van der Waals surface area contributed by atoms with Crippen molar-refractivity contribution in [3.05, 3.63) is 23.8 Å². The lowest BCUT2D eigenvalue weighted by molar-refractivity contribution is 0.0520. The number of benzene rings is 1. The van der Waals surface area contributed by atoms with Crippen LogP contribution in [-0.4, -0.2) is 25.4 Å². The van der Waals surface area contributed by atoms with Crippen LogP contribution in [0.5, 0.6) is 11.5 Å². The summed E-state index contributed by atoms with van der Waals surface area (Å²) in [4.78, 5) is 0. The zero-order chi connectivity index (χ0) is 14.6. The third-order valence-corrected chi connectivity index (χ3v) is 3.11. The topological polar surface area (TPSA) is 62.5 Å². The molecule has 0 saturated carbocycles. The summed E-state index contributed by atoms with van der Waals surface area (Å²) < 4.78 is 10.5. The van der Waals surface area contributed by atoms with Gasteiger partial charge in [0.05, 0.1) is 26.4 Å². The van der Waals surface area contributed by atoms with Gasteiger partial charge >= 0.3 is 0 Å². The SMILES string of the molecule is COc1cccc(C(C#N)C(O)C(C)(C)C)c1OC. The summed E-state index contributed by atoms with van der Waals surface area (Å²) in [6.45, 7) is 5.69. The van der Waals surface area contributed by atoms with Crippen molar-refractivity contribution >= 4 is 0 Å². The molecule has 0 saturated heterocycles. The highest BCUT2D eigenvalue weighted by atomic mass is 16.5. The monoisotopic (exact) mass is 263 g/mol. The number of methoxy groups -OCH3 is 2. The van der Waals surface area contributed by atoms with Crippen LogP contribution in [0.15, 0.2) is 18.2 Å². The minimum absolute atomic E-state index is 0.394. The van der Waals surface area contributed by atoms with Crippen LogP contribution in [0.2, 0.25) is 0 Å². The highest BCUT2D eigenvalue weighted by Crippen LogP contribution is 2.40. The van der Waals surface area contributed by atoms with Gasteiger partial charge in [-0.1, -0.05) is 32.9 Å². The molecule has 1 rings (SSSR count). The first-order chi connectivity index (χ1) is 8.86. The minimum Gasteiger partial charge on any atom is -0.493 e. The number of hydrogen-bond donors (Lipinski definition) is 1. The van der Waals surface area contributed by atoms with E-state index in [0.717, 1.165) is 0 Å². The Kier molecular flexibility index (Phi) is 4.79. The normalized spacial score (nSPS) is 14.4. The fourth-order valence-corrected chi connectivity index (χ4v) is 1.97. The first-order valence-corrected chi connectivity index (χ1v) is 6.15. The van der Waals surface area contributed by atoms with E-state index in [4.69, 9.17) is 9.47 Å². The number of nitrogens with zero attached hydrogens (tertiary/aromatic N) is 1. The Morgan fingerprint density at radius 2 is 1.84 bits per heavy atom. The van der Waals surface area contributed by atoms with Crippen molar-refractivity contribution in [2.45, 2.75) is 32.8 Å². The minimum atomic E-state index is -0.793. The number of aliphatic hydroxyl groups excluding tert-OH is 1. The van der Waals surface area contributed by atoms with Crippen LogP contribution in [0.1, 0.15) is 32.3 Å². The summed E-state index contributed by atoms with van der Waals surface area (Å²) in [5, 5.41) is 19.8. The molecule has 0 amide bonds. The molecule has 0 aliphatic rings. The molecular formula is C15H21NO3. The van der Waals surface area contributed by atoms with Gasteiger partial charge in [0.1, 0.15) is 5.92 Å². The van der Waals surface area contributed by atoms with Crippen LogP contribution in [0.3, 0.4) is 0 Å². The van der Waals surface area contributed by atoms with Crippen molar-refractivity contribution < 1.29 is 14.6 Å². The van der Waals surface area contributed by atoms with E-state index in [-0.39, 0.29) is 0 Å². The van der Waals surface area contributed by atoms with E-state index in [9.17, 15) is 10.4 Å². The Bertz CT molecular complexity index is 471.